The molecule has 0 N–H and O–H groups in total. The number of imide groups is 1. The van der Waals surface area contributed by atoms with E-state index >= 15 is 0 Å². The minimum absolute atomic E-state index is 0.248. The molecular weight excluding hydrogens is 268 g/mol. The summed E-state index contributed by atoms with van der Waals surface area (Å²) in [7, 11) is 4.74. The van der Waals surface area contributed by atoms with Crippen molar-refractivity contribution in [2.45, 2.75) is 6.04 Å². The van der Waals surface area contributed by atoms with Gasteiger partial charge in [0.25, 0.3) is 17.8 Å². The third-order valence-electron chi connectivity index (χ3n) is 3.21. The first-order valence-electron chi connectivity index (χ1n) is 5.83. The van der Waals surface area contributed by atoms with E-state index in [-0.39, 0.29) is 11.9 Å². The molecule has 3 amide bonds. The molecule has 2 rings (SSSR count). The predicted molar refractivity (Wildman–Crippen MR) is 72.7 cm³/mol. The van der Waals surface area contributed by atoms with Crippen LogP contribution in [-0.4, -0.2) is 84.0 Å². The highest BCUT2D eigenvalue weighted by molar-refractivity contribution is 8.13. The number of carbonyl (C=O) groups excluding carboxylic acids is 2. The SMILES string of the molecule is COCC[N+]1=C(SC)N=C2C1C(=O)N(C)C(=O)N2C. The van der Waals surface area contributed by atoms with Gasteiger partial charge in [-0.25, -0.2) is 9.37 Å². The van der Waals surface area contributed by atoms with E-state index in [1.807, 2.05) is 10.8 Å². The molecule has 0 saturated carbocycles. The van der Waals surface area contributed by atoms with E-state index in [0.717, 1.165) is 10.1 Å². The van der Waals surface area contributed by atoms with E-state index in [9.17, 15) is 9.59 Å². The topological polar surface area (TPSA) is 65.2 Å². The predicted octanol–water partition coefficient (Wildman–Crippen LogP) is -0.331. The summed E-state index contributed by atoms with van der Waals surface area (Å²) in [6, 6.07) is -0.876. The van der Waals surface area contributed by atoms with Gasteiger partial charge in [0.2, 0.25) is 0 Å². The van der Waals surface area contributed by atoms with Crippen LogP contribution < -0.4 is 0 Å². The van der Waals surface area contributed by atoms with E-state index in [1.54, 1.807) is 14.2 Å². The highest BCUT2D eigenvalue weighted by Gasteiger charge is 2.52. The van der Waals surface area contributed by atoms with Gasteiger partial charge >= 0.3 is 11.2 Å². The summed E-state index contributed by atoms with van der Waals surface area (Å²) in [5, 5.41) is 0.736. The minimum atomic E-state index is -0.523. The molecule has 1 atom stereocenters. The Labute approximate surface area is 115 Å². The molecule has 1 unspecified atom stereocenters. The first-order chi connectivity index (χ1) is 9.02. The minimum Gasteiger partial charge on any atom is -0.381 e. The first kappa shape index (κ1) is 14.0. The van der Waals surface area contributed by atoms with Crippen molar-refractivity contribution in [2.24, 2.45) is 4.99 Å². The number of hydrogen-bond donors (Lipinski definition) is 0. The molecule has 0 aromatic carbocycles. The molecule has 19 heavy (non-hydrogen) atoms. The number of nitrogens with zero attached hydrogens (tertiary/aromatic N) is 4. The van der Waals surface area contributed by atoms with Gasteiger partial charge in [-0.05, 0) is 23.0 Å². The van der Waals surface area contributed by atoms with Crippen LogP contribution in [0.25, 0.3) is 0 Å². The Kier molecular flexibility index (Phi) is 3.91. The number of urea groups is 1. The summed E-state index contributed by atoms with van der Waals surface area (Å²) >= 11 is 1.45. The lowest BCUT2D eigenvalue weighted by atomic mass is 10.1. The van der Waals surface area contributed by atoms with Crippen LogP contribution in [0.4, 0.5) is 4.79 Å². The zero-order chi connectivity index (χ0) is 14.2. The lowest BCUT2D eigenvalue weighted by Gasteiger charge is -2.30. The van der Waals surface area contributed by atoms with Gasteiger partial charge in [-0.2, -0.15) is 0 Å². The Morgan fingerprint density at radius 2 is 2.05 bits per heavy atom. The number of aliphatic imine (C=N–C) groups is 1. The van der Waals surface area contributed by atoms with E-state index in [1.165, 1.54) is 23.7 Å². The first-order valence-corrected chi connectivity index (χ1v) is 7.05. The Balaban J connectivity index is 2.38. The quantitative estimate of drug-likeness (QED) is 0.666. The zero-order valence-electron chi connectivity index (χ0n) is 11.4. The maximum atomic E-state index is 12.3. The molecule has 104 valence electrons. The standard InChI is InChI=1S/C11H17N4O3S/c1-13-8-7(9(16)14(2)11(13)17)15(5-6-18-3)10(12-8)19-4/h7H,5-6H2,1-4H3/q+1. The summed E-state index contributed by atoms with van der Waals surface area (Å²) in [6.07, 6.45) is 1.90. The number of thioether (sulfide) groups is 1. The van der Waals surface area contributed by atoms with Crippen molar-refractivity contribution in [2.75, 3.05) is 40.6 Å². The Morgan fingerprint density at radius 3 is 2.63 bits per heavy atom. The number of methoxy groups -OCH3 is 1. The van der Waals surface area contributed by atoms with Crippen LogP contribution in [0.2, 0.25) is 0 Å². The van der Waals surface area contributed by atoms with Crippen molar-refractivity contribution in [3.05, 3.63) is 0 Å². The second-order valence-electron chi connectivity index (χ2n) is 4.28. The molecule has 0 radical (unpaired) electrons. The van der Waals surface area contributed by atoms with Gasteiger partial charge in [0.15, 0.2) is 0 Å². The number of amidine groups is 2. The van der Waals surface area contributed by atoms with E-state index < -0.39 is 6.04 Å². The molecular formula is C11H17N4O3S+. The van der Waals surface area contributed by atoms with E-state index in [4.69, 9.17) is 4.74 Å². The van der Waals surface area contributed by atoms with Crippen molar-refractivity contribution in [3.8, 4) is 0 Å². The summed E-state index contributed by atoms with van der Waals surface area (Å²) in [6.45, 7) is 1.06. The molecule has 0 aromatic heterocycles. The molecule has 2 heterocycles. The van der Waals surface area contributed by atoms with Crippen LogP contribution in [0.15, 0.2) is 4.99 Å². The van der Waals surface area contributed by atoms with Crippen LogP contribution in [-0.2, 0) is 9.53 Å². The summed E-state index contributed by atoms with van der Waals surface area (Å²) in [4.78, 5) is 31.1. The van der Waals surface area contributed by atoms with Gasteiger partial charge in [-0.3, -0.25) is 14.6 Å². The largest absolute Gasteiger partial charge is 0.381 e. The molecule has 7 nitrogen and oxygen atoms in total. The Hall–Kier alpha value is -1.41. The van der Waals surface area contributed by atoms with E-state index in [2.05, 4.69) is 4.99 Å². The third kappa shape index (κ3) is 2.14. The van der Waals surface area contributed by atoms with Crippen LogP contribution >= 0.6 is 11.8 Å². The number of hydrogen-bond acceptors (Lipinski definition) is 5. The number of fused-ring (bicyclic) bond motifs is 1. The van der Waals surface area contributed by atoms with Gasteiger partial charge < -0.3 is 4.74 Å². The van der Waals surface area contributed by atoms with Crippen LogP contribution in [0.5, 0.6) is 0 Å². The molecule has 1 fully saturated rings. The van der Waals surface area contributed by atoms with Crippen molar-refractivity contribution in [1.29, 1.82) is 0 Å². The van der Waals surface area contributed by atoms with Gasteiger partial charge in [-0.15, -0.1) is 0 Å². The van der Waals surface area contributed by atoms with Crippen LogP contribution in [0.1, 0.15) is 0 Å². The summed E-state index contributed by atoms with van der Waals surface area (Å²) in [5.41, 5.74) is 0. The second kappa shape index (κ2) is 5.30. The van der Waals surface area contributed by atoms with Crippen LogP contribution in [0, 0.1) is 0 Å². The van der Waals surface area contributed by atoms with Gasteiger partial charge in [0, 0.05) is 21.2 Å². The molecule has 8 heteroatoms. The van der Waals surface area contributed by atoms with Gasteiger partial charge in [-0.1, -0.05) is 0 Å². The maximum Gasteiger partial charge on any atom is 0.357 e. The lowest BCUT2D eigenvalue weighted by molar-refractivity contribution is -0.535. The number of amides is 3. The molecule has 0 spiro atoms. The molecule has 1 saturated heterocycles. The molecule has 2 aliphatic rings. The number of likely N-dealkylation sites (N-methyl/N-ethyl adjacent to an activating group) is 2. The monoisotopic (exact) mass is 285 g/mol. The fourth-order valence-electron chi connectivity index (χ4n) is 2.15. The third-order valence-corrected chi connectivity index (χ3v) is 3.90. The normalized spacial score (nSPS) is 23.2. The second-order valence-corrected chi connectivity index (χ2v) is 5.06. The highest BCUT2D eigenvalue weighted by atomic mass is 32.2. The number of carbonyl (C=O) groups is 2. The smallest absolute Gasteiger partial charge is 0.357 e. The Bertz CT molecular complexity index is 488. The zero-order valence-corrected chi connectivity index (χ0v) is 12.2. The van der Waals surface area contributed by atoms with Crippen molar-refractivity contribution in [1.82, 2.24) is 9.80 Å². The molecule has 0 bridgehead atoms. The average molecular weight is 285 g/mol. The lowest BCUT2D eigenvalue weighted by Crippen LogP contribution is -2.61. The maximum absolute atomic E-state index is 12.3. The number of ether oxygens (including phenoxy) is 1. The summed E-state index contributed by atoms with van der Waals surface area (Å²) < 4.78 is 6.95. The highest BCUT2D eigenvalue weighted by Crippen LogP contribution is 2.21. The van der Waals surface area contributed by atoms with Gasteiger partial charge in [0.05, 0.1) is 6.61 Å². The fourth-order valence-corrected chi connectivity index (χ4v) is 2.77. The van der Waals surface area contributed by atoms with E-state index in [0.29, 0.717) is 19.0 Å². The number of rotatable bonds is 3. The fraction of sp³-hybridized carbons (Fsp3) is 0.636. The van der Waals surface area contributed by atoms with Crippen molar-refractivity contribution in [3.63, 3.8) is 0 Å². The van der Waals surface area contributed by atoms with Gasteiger partial charge in [0.1, 0.15) is 6.54 Å². The molecule has 0 aliphatic carbocycles. The van der Waals surface area contributed by atoms with Crippen LogP contribution in [0.3, 0.4) is 0 Å². The molecule has 2 aliphatic heterocycles. The van der Waals surface area contributed by atoms with Crippen molar-refractivity contribution >= 4 is 34.7 Å². The Morgan fingerprint density at radius 1 is 1.37 bits per heavy atom. The van der Waals surface area contributed by atoms with Crippen molar-refractivity contribution < 1.29 is 18.9 Å². The average Bonchev–Trinajstić information content (AvgIpc) is 2.79. The summed E-state index contributed by atoms with van der Waals surface area (Å²) in [5.74, 6) is 0.246. The molecule has 0 aromatic rings.